The van der Waals surface area contributed by atoms with Crippen LogP contribution in [0.3, 0.4) is 0 Å². The number of hydrogen-bond donors (Lipinski definition) is 0. The number of hydrogen-bond acceptors (Lipinski definition) is 5. The number of Topliss-reactive ketones (excluding diaryl/α,β-unsaturated/α-hetero) is 2. The molecule has 0 amide bonds. The monoisotopic (exact) mass is 385 g/mol. The summed E-state index contributed by atoms with van der Waals surface area (Å²) in [5.74, 6) is -0.0612. The molecule has 1 aliphatic carbocycles. The maximum absolute atomic E-state index is 12.7. The van der Waals surface area contributed by atoms with E-state index in [2.05, 4.69) is 4.98 Å². The molecule has 2 aliphatic rings. The average molecular weight is 385 g/mol. The summed E-state index contributed by atoms with van der Waals surface area (Å²) >= 11 is 0. The number of halogens is 3. The van der Waals surface area contributed by atoms with E-state index in [1.165, 1.54) is 12.3 Å². The van der Waals surface area contributed by atoms with Crippen molar-refractivity contribution >= 4 is 11.6 Å². The third-order valence-corrected chi connectivity index (χ3v) is 4.91. The summed E-state index contributed by atoms with van der Waals surface area (Å²) in [6.07, 6.45) is -0.548. The Balaban J connectivity index is 1.75. The first-order valence-corrected chi connectivity index (χ1v) is 9.03. The third-order valence-electron chi connectivity index (χ3n) is 4.91. The van der Waals surface area contributed by atoms with E-state index in [0.717, 1.165) is 12.8 Å². The van der Waals surface area contributed by atoms with Gasteiger partial charge in [0.2, 0.25) is 0 Å². The normalized spacial score (nSPS) is 18.7. The number of rotatable bonds is 9. The summed E-state index contributed by atoms with van der Waals surface area (Å²) in [6, 6.07) is 1.30. The first kappa shape index (κ1) is 19.8. The molecule has 0 unspecified atom stereocenters. The van der Waals surface area contributed by atoms with Gasteiger partial charge in [0.25, 0.3) is 0 Å². The van der Waals surface area contributed by atoms with Crippen LogP contribution in [-0.4, -0.2) is 42.5 Å². The predicted octanol–water partition coefficient (Wildman–Crippen LogP) is 3.86. The van der Waals surface area contributed by atoms with Gasteiger partial charge in [0, 0.05) is 42.5 Å². The number of pyridine rings is 1. The second-order valence-electron chi connectivity index (χ2n) is 7.45. The molecule has 148 valence electrons. The minimum atomic E-state index is -4.46. The minimum Gasteiger partial charge on any atom is -0.484 e. The van der Waals surface area contributed by atoms with Crippen LogP contribution in [0.25, 0.3) is 0 Å². The molecule has 1 aromatic heterocycles. The molecule has 0 radical (unpaired) electrons. The molecule has 0 spiro atoms. The maximum atomic E-state index is 12.7. The van der Waals surface area contributed by atoms with E-state index in [-0.39, 0.29) is 41.8 Å². The van der Waals surface area contributed by atoms with Crippen molar-refractivity contribution in [3.8, 4) is 5.75 Å². The highest BCUT2D eigenvalue weighted by molar-refractivity contribution is 5.95. The van der Waals surface area contributed by atoms with Crippen molar-refractivity contribution in [1.82, 2.24) is 4.98 Å². The lowest BCUT2D eigenvalue weighted by molar-refractivity contribution is -0.153. The van der Waals surface area contributed by atoms with Crippen molar-refractivity contribution in [3.63, 3.8) is 0 Å². The SMILES string of the molecule is CCC(=O)CC1(CC(=O)c2cc(OCC(F)(F)F)c(C3CC3)cn2)COC1. The molecular formula is C19H22F3NO4. The van der Waals surface area contributed by atoms with E-state index in [1.807, 2.05) is 0 Å². The van der Waals surface area contributed by atoms with Crippen LogP contribution in [-0.2, 0) is 9.53 Å². The Labute approximate surface area is 155 Å². The highest BCUT2D eigenvalue weighted by atomic mass is 19.4. The van der Waals surface area contributed by atoms with E-state index < -0.39 is 18.2 Å². The van der Waals surface area contributed by atoms with E-state index in [0.29, 0.717) is 25.2 Å². The number of ketones is 2. The Kier molecular flexibility index (Phi) is 5.55. The standard InChI is InChI=1S/C19H22F3NO4/c1-2-13(24)6-18(9-26-10-18)7-16(25)15-5-17(27-11-19(20,21)22)14(8-23-15)12-3-4-12/h5,8,12H,2-4,6-7,9-11H2,1H3. The van der Waals surface area contributed by atoms with Gasteiger partial charge in [-0.2, -0.15) is 13.2 Å². The molecule has 5 nitrogen and oxygen atoms in total. The van der Waals surface area contributed by atoms with Gasteiger partial charge in [-0.15, -0.1) is 0 Å². The quantitative estimate of drug-likeness (QED) is 0.604. The van der Waals surface area contributed by atoms with E-state index in [4.69, 9.17) is 9.47 Å². The molecule has 0 aromatic carbocycles. The molecular weight excluding hydrogens is 363 g/mol. The molecule has 1 aromatic rings. The smallest absolute Gasteiger partial charge is 0.422 e. The number of alkyl halides is 3. The van der Waals surface area contributed by atoms with Gasteiger partial charge in [0.15, 0.2) is 12.4 Å². The zero-order valence-electron chi connectivity index (χ0n) is 15.1. The van der Waals surface area contributed by atoms with E-state index in [1.54, 1.807) is 6.92 Å². The Hall–Kier alpha value is -1.96. The molecule has 1 aliphatic heterocycles. The van der Waals surface area contributed by atoms with Crippen LogP contribution in [0.5, 0.6) is 5.75 Å². The van der Waals surface area contributed by atoms with Crippen molar-refractivity contribution in [3.05, 3.63) is 23.5 Å². The first-order valence-electron chi connectivity index (χ1n) is 9.03. The van der Waals surface area contributed by atoms with Crippen molar-refractivity contribution < 1.29 is 32.2 Å². The van der Waals surface area contributed by atoms with Crippen molar-refractivity contribution in [2.75, 3.05) is 19.8 Å². The topological polar surface area (TPSA) is 65.5 Å². The summed E-state index contributed by atoms with van der Waals surface area (Å²) in [5.41, 5.74) is 0.138. The molecule has 2 fully saturated rings. The Morgan fingerprint density at radius 2 is 2.00 bits per heavy atom. The second-order valence-corrected chi connectivity index (χ2v) is 7.45. The van der Waals surface area contributed by atoms with Crippen LogP contribution in [0.2, 0.25) is 0 Å². The number of aromatic nitrogens is 1. The van der Waals surface area contributed by atoms with Crippen molar-refractivity contribution in [2.24, 2.45) is 5.41 Å². The lowest BCUT2D eigenvalue weighted by Gasteiger charge is -2.40. The zero-order chi connectivity index (χ0) is 19.7. The minimum absolute atomic E-state index is 0.0531. The molecule has 1 saturated heterocycles. The molecule has 0 atom stereocenters. The van der Waals surface area contributed by atoms with Gasteiger partial charge in [0.1, 0.15) is 17.2 Å². The Morgan fingerprint density at radius 1 is 1.30 bits per heavy atom. The Morgan fingerprint density at radius 3 is 2.52 bits per heavy atom. The fourth-order valence-electron chi connectivity index (χ4n) is 3.22. The fraction of sp³-hybridized carbons (Fsp3) is 0.632. The largest absolute Gasteiger partial charge is 0.484 e. The van der Waals surface area contributed by atoms with Gasteiger partial charge >= 0.3 is 6.18 Å². The van der Waals surface area contributed by atoms with Gasteiger partial charge in [-0.25, -0.2) is 0 Å². The summed E-state index contributed by atoms with van der Waals surface area (Å²) in [7, 11) is 0. The van der Waals surface area contributed by atoms with Crippen LogP contribution in [0.1, 0.15) is 61.0 Å². The highest BCUT2D eigenvalue weighted by Crippen LogP contribution is 2.44. The lowest BCUT2D eigenvalue weighted by atomic mass is 9.76. The molecule has 2 heterocycles. The second kappa shape index (κ2) is 7.58. The van der Waals surface area contributed by atoms with Gasteiger partial charge < -0.3 is 9.47 Å². The van der Waals surface area contributed by atoms with Crippen LogP contribution in [0.15, 0.2) is 12.3 Å². The molecule has 0 N–H and O–H groups in total. The zero-order valence-corrected chi connectivity index (χ0v) is 15.1. The van der Waals surface area contributed by atoms with Crippen molar-refractivity contribution in [1.29, 1.82) is 0 Å². The van der Waals surface area contributed by atoms with Crippen LogP contribution < -0.4 is 4.74 Å². The van der Waals surface area contributed by atoms with Crippen LogP contribution >= 0.6 is 0 Å². The first-order chi connectivity index (χ1) is 12.7. The Bertz CT molecular complexity index is 724. The predicted molar refractivity (Wildman–Crippen MR) is 89.9 cm³/mol. The van der Waals surface area contributed by atoms with Crippen LogP contribution in [0.4, 0.5) is 13.2 Å². The molecule has 27 heavy (non-hydrogen) atoms. The number of carbonyl (C=O) groups is 2. The number of carbonyl (C=O) groups excluding carboxylic acids is 2. The number of nitrogens with zero attached hydrogens (tertiary/aromatic N) is 1. The van der Waals surface area contributed by atoms with Crippen molar-refractivity contribution in [2.45, 2.75) is 51.1 Å². The highest BCUT2D eigenvalue weighted by Gasteiger charge is 2.42. The summed E-state index contributed by atoms with van der Waals surface area (Å²) in [5, 5.41) is 0. The average Bonchev–Trinajstić information content (AvgIpc) is 3.41. The molecule has 0 bridgehead atoms. The number of ether oxygens (including phenoxy) is 2. The summed E-state index contributed by atoms with van der Waals surface area (Å²) < 4.78 is 47.7. The lowest BCUT2D eigenvalue weighted by Crippen LogP contribution is -2.45. The van der Waals surface area contributed by atoms with Gasteiger partial charge in [-0.05, 0) is 18.8 Å². The van der Waals surface area contributed by atoms with E-state index in [9.17, 15) is 22.8 Å². The van der Waals surface area contributed by atoms with E-state index >= 15 is 0 Å². The maximum Gasteiger partial charge on any atom is 0.422 e. The van der Waals surface area contributed by atoms with Gasteiger partial charge in [-0.1, -0.05) is 6.92 Å². The van der Waals surface area contributed by atoms with Gasteiger partial charge in [0.05, 0.1) is 13.2 Å². The molecule has 8 heteroatoms. The van der Waals surface area contributed by atoms with Crippen LogP contribution in [0, 0.1) is 5.41 Å². The van der Waals surface area contributed by atoms with Gasteiger partial charge in [-0.3, -0.25) is 14.6 Å². The fourth-order valence-corrected chi connectivity index (χ4v) is 3.22. The molecule has 3 rings (SSSR count). The molecule has 1 saturated carbocycles. The summed E-state index contributed by atoms with van der Waals surface area (Å²) in [4.78, 5) is 28.6. The third kappa shape index (κ3) is 5.06. The summed E-state index contributed by atoms with van der Waals surface area (Å²) in [6.45, 7) is 0.997.